The lowest BCUT2D eigenvalue weighted by molar-refractivity contribution is -0.146. The largest absolute Gasteiger partial charge is 0.469 e. The molecule has 0 aromatic rings. The van der Waals surface area contributed by atoms with E-state index in [1.165, 1.54) is 7.11 Å². The van der Waals surface area contributed by atoms with Crippen molar-refractivity contribution < 1.29 is 17.9 Å². The van der Waals surface area contributed by atoms with E-state index in [0.717, 1.165) is 12.8 Å². The van der Waals surface area contributed by atoms with Gasteiger partial charge in [-0.15, -0.1) is 0 Å². The lowest BCUT2D eigenvalue weighted by Gasteiger charge is -2.26. The minimum atomic E-state index is -3.66. The Morgan fingerprint density at radius 2 is 1.93 bits per heavy atom. The molecule has 6 heteroatoms. The number of carbonyl (C=O) groups is 1. The Hall–Kier alpha value is -0.290. The van der Waals surface area contributed by atoms with Gasteiger partial charge in [-0.3, -0.25) is 4.79 Å². The smallest absolute Gasteiger partial charge is 0.310 e. The molecule has 1 fully saturated rings. The molecule has 1 rings (SSSR count). The van der Waals surface area contributed by atoms with E-state index in [-0.39, 0.29) is 0 Å². The summed E-state index contributed by atoms with van der Waals surface area (Å²) in [6, 6.07) is 0. The van der Waals surface area contributed by atoms with Crippen LogP contribution < -0.4 is 0 Å². The third-order valence-corrected chi connectivity index (χ3v) is 4.54. The predicted molar refractivity (Wildman–Crippen MR) is 52.5 cm³/mol. The summed E-state index contributed by atoms with van der Waals surface area (Å²) in [4.78, 5) is 11.3. The van der Waals surface area contributed by atoms with Crippen molar-refractivity contribution in [1.82, 2.24) is 0 Å². The number of carbonyl (C=O) groups excluding carboxylic acids is 1. The van der Waals surface area contributed by atoms with Crippen LogP contribution >= 0.6 is 10.7 Å². The van der Waals surface area contributed by atoms with Crippen LogP contribution in [0.25, 0.3) is 0 Å². The van der Waals surface area contributed by atoms with Gasteiger partial charge in [0.1, 0.15) is 0 Å². The second-order valence-corrected chi connectivity index (χ2v) is 6.28. The quantitative estimate of drug-likeness (QED) is 0.539. The SMILES string of the molecule is COC(=O)[C@@H]1CCCC[C@@H]1S(=O)(=O)Cl. The van der Waals surface area contributed by atoms with E-state index in [4.69, 9.17) is 10.7 Å². The molecular weight excluding hydrogens is 228 g/mol. The molecule has 0 amide bonds. The summed E-state index contributed by atoms with van der Waals surface area (Å²) >= 11 is 0. The van der Waals surface area contributed by atoms with Crippen molar-refractivity contribution in [2.24, 2.45) is 5.92 Å². The summed E-state index contributed by atoms with van der Waals surface area (Å²) in [6.45, 7) is 0. The summed E-state index contributed by atoms with van der Waals surface area (Å²) in [6.07, 6.45) is 2.64. The third-order valence-electron chi connectivity index (χ3n) is 2.57. The second kappa shape index (κ2) is 4.49. The molecule has 0 aromatic heterocycles. The fourth-order valence-corrected chi connectivity index (χ4v) is 3.58. The Bertz CT molecular complexity index is 311. The van der Waals surface area contributed by atoms with Crippen LogP contribution in [0.2, 0.25) is 0 Å². The molecule has 1 aliphatic rings. The van der Waals surface area contributed by atoms with E-state index >= 15 is 0 Å². The zero-order valence-electron chi connectivity index (χ0n) is 7.90. The highest BCUT2D eigenvalue weighted by molar-refractivity contribution is 8.14. The summed E-state index contributed by atoms with van der Waals surface area (Å²) in [5.41, 5.74) is 0. The first kappa shape index (κ1) is 11.8. The number of halogens is 1. The molecule has 0 N–H and O–H groups in total. The Morgan fingerprint density at radius 3 is 2.43 bits per heavy atom. The van der Waals surface area contributed by atoms with Gasteiger partial charge < -0.3 is 4.74 Å². The molecule has 2 atom stereocenters. The fraction of sp³-hybridized carbons (Fsp3) is 0.875. The first-order valence-electron chi connectivity index (χ1n) is 4.48. The Labute approximate surface area is 88.0 Å². The monoisotopic (exact) mass is 240 g/mol. The van der Waals surface area contributed by atoms with Gasteiger partial charge in [-0.25, -0.2) is 8.42 Å². The van der Waals surface area contributed by atoms with Crippen molar-refractivity contribution in [2.75, 3.05) is 7.11 Å². The van der Waals surface area contributed by atoms with Gasteiger partial charge in [0.25, 0.3) is 0 Å². The van der Waals surface area contributed by atoms with Gasteiger partial charge in [0.2, 0.25) is 9.05 Å². The molecular formula is C8H13ClO4S. The molecule has 0 saturated heterocycles. The molecule has 0 aliphatic heterocycles. The summed E-state index contributed by atoms with van der Waals surface area (Å²) in [5.74, 6) is -1.06. The minimum Gasteiger partial charge on any atom is -0.469 e. The average Bonchev–Trinajstić information content (AvgIpc) is 2.15. The number of hydrogen-bond acceptors (Lipinski definition) is 4. The van der Waals surface area contributed by atoms with Crippen LogP contribution in [0.4, 0.5) is 0 Å². The topological polar surface area (TPSA) is 60.4 Å². The van der Waals surface area contributed by atoms with E-state index in [0.29, 0.717) is 12.8 Å². The summed E-state index contributed by atoms with van der Waals surface area (Å²) in [7, 11) is 2.87. The zero-order valence-corrected chi connectivity index (χ0v) is 9.47. The predicted octanol–water partition coefficient (Wildman–Crippen LogP) is 1.29. The molecule has 1 aliphatic carbocycles. The van der Waals surface area contributed by atoms with Crippen molar-refractivity contribution in [2.45, 2.75) is 30.9 Å². The van der Waals surface area contributed by atoms with Gasteiger partial charge in [-0.05, 0) is 12.8 Å². The highest BCUT2D eigenvalue weighted by Gasteiger charge is 2.39. The Kier molecular flexibility index (Phi) is 3.78. The van der Waals surface area contributed by atoms with E-state index in [2.05, 4.69) is 4.74 Å². The van der Waals surface area contributed by atoms with Crippen molar-refractivity contribution in [3.8, 4) is 0 Å². The lowest BCUT2D eigenvalue weighted by atomic mass is 9.89. The standard InChI is InChI=1S/C8H13ClO4S/c1-13-8(10)6-4-2-3-5-7(6)14(9,11)12/h6-7H,2-5H2,1H3/t6-,7+/m1/s1. The average molecular weight is 241 g/mol. The third kappa shape index (κ3) is 2.60. The van der Waals surface area contributed by atoms with Crippen LogP contribution in [0, 0.1) is 5.92 Å². The molecule has 0 radical (unpaired) electrons. The van der Waals surface area contributed by atoms with Gasteiger partial charge in [0.15, 0.2) is 0 Å². The second-order valence-electron chi connectivity index (χ2n) is 3.43. The van der Waals surface area contributed by atoms with Gasteiger partial charge in [0.05, 0.1) is 18.3 Å². The van der Waals surface area contributed by atoms with Crippen molar-refractivity contribution in [1.29, 1.82) is 0 Å². The molecule has 1 saturated carbocycles. The lowest BCUT2D eigenvalue weighted by Crippen LogP contribution is -2.36. The minimum absolute atomic E-state index is 0.450. The number of esters is 1. The summed E-state index contributed by atoms with van der Waals surface area (Å²) in [5, 5.41) is -0.773. The van der Waals surface area contributed by atoms with Crippen LogP contribution in [-0.4, -0.2) is 26.7 Å². The van der Waals surface area contributed by atoms with Crippen LogP contribution in [0.5, 0.6) is 0 Å². The molecule has 4 nitrogen and oxygen atoms in total. The van der Waals surface area contributed by atoms with Gasteiger partial charge in [-0.1, -0.05) is 12.8 Å². The fourth-order valence-electron chi connectivity index (χ4n) is 1.85. The maximum Gasteiger partial charge on any atom is 0.310 e. The van der Waals surface area contributed by atoms with Crippen molar-refractivity contribution in [3.05, 3.63) is 0 Å². The van der Waals surface area contributed by atoms with E-state index in [9.17, 15) is 13.2 Å². The molecule has 0 bridgehead atoms. The number of ether oxygens (including phenoxy) is 1. The van der Waals surface area contributed by atoms with Crippen LogP contribution in [0.15, 0.2) is 0 Å². The van der Waals surface area contributed by atoms with Crippen LogP contribution in [0.1, 0.15) is 25.7 Å². The van der Waals surface area contributed by atoms with Crippen molar-refractivity contribution >= 4 is 25.7 Å². The number of methoxy groups -OCH3 is 1. The van der Waals surface area contributed by atoms with Gasteiger partial charge >= 0.3 is 5.97 Å². The highest BCUT2D eigenvalue weighted by atomic mass is 35.7. The Balaban J connectivity index is 2.85. The van der Waals surface area contributed by atoms with Crippen LogP contribution in [-0.2, 0) is 18.6 Å². The summed E-state index contributed by atoms with van der Waals surface area (Å²) < 4.78 is 26.9. The van der Waals surface area contributed by atoms with Crippen molar-refractivity contribution in [3.63, 3.8) is 0 Å². The molecule has 0 heterocycles. The maximum absolute atomic E-state index is 11.3. The van der Waals surface area contributed by atoms with E-state index in [1.807, 2.05) is 0 Å². The molecule has 0 aromatic carbocycles. The highest BCUT2D eigenvalue weighted by Crippen LogP contribution is 2.32. The first-order valence-corrected chi connectivity index (χ1v) is 6.85. The van der Waals surface area contributed by atoms with E-state index < -0.39 is 26.2 Å². The zero-order chi connectivity index (χ0) is 10.8. The van der Waals surface area contributed by atoms with Crippen LogP contribution in [0.3, 0.4) is 0 Å². The maximum atomic E-state index is 11.3. The molecule has 0 unspecified atom stereocenters. The number of rotatable bonds is 2. The first-order chi connectivity index (χ1) is 6.46. The normalized spacial score (nSPS) is 28.4. The van der Waals surface area contributed by atoms with Gasteiger partial charge in [0, 0.05) is 10.7 Å². The van der Waals surface area contributed by atoms with E-state index in [1.54, 1.807) is 0 Å². The molecule has 82 valence electrons. The molecule has 0 spiro atoms. The Morgan fingerprint density at radius 1 is 1.36 bits per heavy atom. The number of hydrogen-bond donors (Lipinski definition) is 0. The molecule has 14 heavy (non-hydrogen) atoms. The van der Waals surface area contributed by atoms with Gasteiger partial charge in [-0.2, -0.15) is 0 Å².